The Bertz CT molecular complexity index is 739. The highest BCUT2D eigenvalue weighted by Crippen LogP contribution is 2.18. The molecule has 0 unspecified atom stereocenters. The van der Waals surface area contributed by atoms with Crippen LogP contribution in [0.15, 0.2) is 17.5 Å². The molecule has 142 valence electrons. The second-order valence-corrected chi connectivity index (χ2v) is 8.26. The Morgan fingerprint density at radius 2 is 2.27 bits per heavy atom. The van der Waals surface area contributed by atoms with Crippen molar-refractivity contribution in [1.29, 1.82) is 0 Å². The van der Waals surface area contributed by atoms with Crippen molar-refractivity contribution in [2.45, 2.75) is 45.8 Å². The molecule has 2 aromatic heterocycles. The molecule has 1 atom stereocenters. The maximum Gasteiger partial charge on any atom is 0.317 e. The van der Waals surface area contributed by atoms with E-state index in [1.165, 1.54) is 4.88 Å². The molecule has 2 aromatic rings. The number of carbonyl (C=O) groups is 1. The number of nitrogens with zero attached hydrogens (tertiary/aromatic N) is 4. The minimum Gasteiger partial charge on any atom is -0.334 e. The summed E-state index contributed by atoms with van der Waals surface area (Å²) in [6.45, 7) is 7.63. The lowest BCUT2D eigenvalue weighted by atomic mass is 10.1. The first-order valence-corrected chi connectivity index (χ1v) is 10.1. The predicted molar refractivity (Wildman–Crippen MR) is 105 cm³/mol. The van der Waals surface area contributed by atoms with Gasteiger partial charge in [-0.15, -0.1) is 11.3 Å². The van der Waals surface area contributed by atoms with Gasteiger partial charge < -0.3 is 10.2 Å². The van der Waals surface area contributed by atoms with Crippen LogP contribution in [0.4, 0.5) is 4.79 Å². The first-order chi connectivity index (χ1) is 12.4. The minimum atomic E-state index is -0.00405. The number of likely N-dealkylation sites (tertiary alicyclic amines) is 1. The first-order valence-electron chi connectivity index (χ1n) is 9.19. The highest BCUT2D eigenvalue weighted by molar-refractivity contribution is 7.09. The van der Waals surface area contributed by atoms with Gasteiger partial charge in [0.05, 0.1) is 12.2 Å². The van der Waals surface area contributed by atoms with Crippen LogP contribution in [0.3, 0.4) is 0 Å². The molecular weight excluding hydrogens is 346 g/mol. The average Bonchev–Trinajstić information content (AvgIpc) is 3.19. The van der Waals surface area contributed by atoms with E-state index in [4.69, 9.17) is 0 Å². The van der Waals surface area contributed by atoms with Gasteiger partial charge in [0.2, 0.25) is 0 Å². The monoisotopic (exact) mass is 375 g/mol. The molecule has 1 aliphatic rings. The van der Waals surface area contributed by atoms with Crippen LogP contribution in [0.5, 0.6) is 0 Å². The zero-order valence-corrected chi connectivity index (χ0v) is 17.0. The molecule has 0 aliphatic carbocycles. The van der Waals surface area contributed by atoms with Crippen LogP contribution >= 0.6 is 11.3 Å². The third kappa shape index (κ3) is 4.45. The van der Waals surface area contributed by atoms with E-state index in [0.29, 0.717) is 6.54 Å². The van der Waals surface area contributed by atoms with Crippen LogP contribution in [0.1, 0.15) is 34.7 Å². The quantitative estimate of drug-likeness (QED) is 0.874. The van der Waals surface area contributed by atoms with Crippen LogP contribution in [0.2, 0.25) is 0 Å². The number of piperidine rings is 1. The van der Waals surface area contributed by atoms with Gasteiger partial charge in [-0.25, -0.2) is 4.79 Å². The van der Waals surface area contributed by atoms with Gasteiger partial charge in [0.1, 0.15) is 0 Å². The number of carbonyl (C=O) groups excluding carboxylic acids is 1. The molecule has 1 aliphatic heterocycles. The summed E-state index contributed by atoms with van der Waals surface area (Å²) in [4.78, 5) is 18.2. The van der Waals surface area contributed by atoms with Crippen molar-refractivity contribution in [1.82, 2.24) is 24.9 Å². The molecule has 0 aromatic carbocycles. The average molecular weight is 376 g/mol. The number of aromatic nitrogens is 2. The number of thiophene rings is 1. The zero-order valence-electron chi connectivity index (χ0n) is 16.2. The molecule has 7 heteroatoms. The second-order valence-electron chi connectivity index (χ2n) is 7.23. The maximum atomic E-state index is 12.6. The summed E-state index contributed by atoms with van der Waals surface area (Å²) in [5.41, 5.74) is 3.24. The molecule has 1 N–H and O–H groups in total. The van der Waals surface area contributed by atoms with Crippen molar-refractivity contribution in [3.05, 3.63) is 39.3 Å². The molecular formula is C19H29N5OS. The summed E-state index contributed by atoms with van der Waals surface area (Å²) >= 11 is 1.80. The predicted octanol–water partition coefficient (Wildman–Crippen LogP) is 2.90. The van der Waals surface area contributed by atoms with Crippen molar-refractivity contribution < 1.29 is 4.79 Å². The van der Waals surface area contributed by atoms with E-state index < -0.39 is 0 Å². The molecule has 1 fully saturated rings. The Labute approximate surface area is 159 Å². The summed E-state index contributed by atoms with van der Waals surface area (Å²) in [5, 5.41) is 9.77. The standard InChI is InChI=1S/C19H29N5OS/c1-14-18(15(2)23(4)21-14)13-22(3)19(25)20-16-7-5-9-24(11-16)12-17-8-6-10-26-17/h6,8,10,16H,5,7,9,11-13H2,1-4H3,(H,20,25)/t16-/m0/s1. The topological polar surface area (TPSA) is 53.4 Å². The number of nitrogens with one attached hydrogen (secondary N) is 1. The molecule has 0 radical (unpaired) electrons. The summed E-state index contributed by atoms with van der Waals surface area (Å²) in [6.07, 6.45) is 2.17. The Kier molecular flexibility index (Phi) is 5.98. The van der Waals surface area contributed by atoms with Gasteiger partial charge in [0, 0.05) is 49.4 Å². The van der Waals surface area contributed by atoms with E-state index in [2.05, 4.69) is 32.8 Å². The van der Waals surface area contributed by atoms with Crippen molar-refractivity contribution in [3.8, 4) is 0 Å². The van der Waals surface area contributed by atoms with Crippen molar-refractivity contribution in [2.75, 3.05) is 20.1 Å². The molecule has 2 amide bonds. The van der Waals surface area contributed by atoms with Gasteiger partial charge >= 0.3 is 6.03 Å². The number of hydrogen-bond acceptors (Lipinski definition) is 4. The van der Waals surface area contributed by atoms with E-state index >= 15 is 0 Å². The van der Waals surface area contributed by atoms with Crippen molar-refractivity contribution >= 4 is 17.4 Å². The van der Waals surface area contributed by atoms with Crippen LogP contribution in [0.25, 0.3) is 0 Å². The number of rotatable bonds is 5. The van der Waals surface area contributed by atoms with Crippen LogP contribution in [0, 0.1) is 13.8 Å². The molecule has 0 spiro atoms. The molecule has 0 saturated carbocycles. The Morgan fingerprint density at radius 3 is 2.92 bits per heavy atom. The van der Waals surface area contributed by atoms with E-state index in [-0.39, 0.29) is 12.1 Å². The Morgan fingerprint density at radius 1 is 1.46 bits per heavy atom. The van der Waals surface area contributed by atoms with Gasteiger partial charge in [-0.2, -0.15) is 5.10 Å². The van der Waals surface area contributed by atoms with Gasteiger partial charge in [-0.05, 0) is 44.7 Å². The summed E-state index contributed by atoms with van der Waals surface area (Å²) in [7, 11) is 3.80. The summed E-state index contributed by atoms with van der Waals surface area (Å²) in [5.74, 6) is 0. The minimum absolute atomic E-state index is 0.00405. The van der Waals surface area contributed by atoms with E-state index in [9.17, 15) is 4.79 Å². The second kappa shape index (κ2) is 8.22. The number of hydrogen-bond donors (Lipinski definition) is 1. The number of aryl methyl sites for hydroxylation is 2. The van der Waals surface area contributed by atoms with Crippen LogP contribution < -0.4 is 5.32 Å². The fraction of sp³-hybridized carbons (Fsp3) is 0.579. The summed E-state index contributed by atoms with van der Waals surface area (Å²) < 4.78 is 1.87. The smallest absolute Gasteiger partial charge is 0.317 e. The first kappa shape index (κ1) is 18.9. The molecule has 26 heavy (non-hydrogen) atoms. The molecule has 0 bridgehead atoms. The van der Waals surface area contributed by atoms with Crippen LogP contribution in [-0.2, 0) is 20.1 Å². The van der Waals surface area contributed by atoms with E-state index in [1.54, 1.807) is 16.2 Å². The third-order valence-corrected chi connectivity index (χ3v) is 6.05. The fourth-order valence-electron chi connectivity index (χ4n) is 3.58. The lowest BCUT2D eigenvalue weighted by Gasteiger charge is -2.33. The van der Waals surface area contributed by atoms with Crippen molar-refractivity contribution in [2.24, 2.45) is 7.05 Å². The molecule has 6 nitrogen and oxygen atoms in total. The largest absolute Gasteiger partial charge is 0.334 e. The lowest BCUT2D eigenvalue weighted by Crippen LogP contribution is -2.50. The number of urea groups is 1. The lowest BCUT2D eigenvalue weighted by molar-refractivity contribution is 0.168. The van der Waals surface area contributed by atoms with Crippen molar-refractivity contribution in [3.63, 3.8) is 0 Å². The fourth-order valence-corrected chi connectivity index (χ4v) is 4.33. The van der Waals surface area contributed by atoms with Gasteiger partial charge in [0.25, 0.3) is 0 Å². The Hall–Kier alpha value is -1.86. The van der Waals surface area contributed by atoms with Gasteiger partial charge in [-0.3, -0.25) is 9.58 Å². The maximum absolute atomic E-state index is 12.6. The highest BCUT2D eigenvalue weighted by atomic mass is 32.1. The summed E-state index contributed by atoms with van der Waals surface area (Å²) in [6, 6.07) is 4.49. The van der Waals surface area contributed by atoms with E-state index in [0.717, 1.165) is 49.4 Å². The number of amides is 2. The van der Waals surface area contributed by atoms with Gasteiger partial charge in [0.15, 0.2) is 0 Å². The Balaban J connectivity index is 1.53. The third-order valence-electron chi connectivity index (χ3n) is 5.19. The normalized spacial score (nSPS) is 18.1. The highest BCUT2D eigenvalue weighted by Gasteiger charge is 2.23. The zero-order chi connectivity index (χ0) is 18.7. The molecule has 3 rings (SSSR count). The SMILES string of the molecule is Cc1nn(C)c(C)c1CN(C)C(=O)N[C@H]1CCCN(Cc2cccs2)C1. The molecule has 1 saturated heterocycles. The molecule has 3 heterocycles. The van der Waals surface area contributed by atoms with E-state index in [1.807, 2.05) is 32.6 Å². The van der Waals surface area contributed by atoms with Gasteiger partial charge in [-0.1, -0.05) is 6.07 Å². The van der Waals surface area contributed by atoms with Crippen LogP contribution in [-0.4, -0.2) is 51.8 Å².